The smallest absolute Gasteiger partial charge is 0.332 e. The second-order valence-corrected chi connectivity index (χ2v) is 5.80. The number of nitrogens with zero attached hydrogens (tertiary/aromatic N) is 1. The summed E-state index contributed by atoms with van der Waals surface area (Å²) >= 11 is 0. The van der Waals surface area contributed by atoms with Gasteiger partial charge in [0.05, 0.1) is 13.2 Å². The molecule has 6 nitrogen and oxygen atoms in total. The molecule has 2 atom stereocenters. The molecule has 1 amide bonds. The second-order valence-electron chi connectivity index (χ2n) is 5.80. The highest BCUT2D eigenvalue weighted by Crippen LogP contribution is 2.24. The quantitative estimate of drug-likeness (QED) is 0.763. The predicted molar refractivity (Wildman–Crippen MR) is 82.9 cm³/mol. The second kappa shape index (κ2) is 6.89. The first-order valence-electron chi connectivity index (χ1n) is 7.39. The van der Waals surface area contributed by atoms with Crippen LogP contribution in [-0.4, -0.2) is 48.6 Å². The summed E-state index contributed by atoms with van der Waals surface area (Å²) in [6.45, 7) is 3.46. The molecule has 1 aliphatic rings. The van der Waals surface area contributed by atoms with E-state index < -0.39 is 17.6 Å². The van der Waals surface area contributed by atoms with E-state index in [1.54, 1.807) is 6.92 Å². The molecule has 0 saturated carbocycles. The van der Waals surface area contributed by atoms with Crippen molar-refractivity contribution >= 4 is 11.9 Å². The molecule has 22 heavy (non-hydrogen) atoms. The predicted octanol–water partition coefficient (Wildman–Crippen LogP) is 0.268. The van der Waals surface area contributed by atoms with Gasteiger partial charge in [-0.2, -0.15) is 0 Å². The van der Waals surface area contributed by atoms with E-state index in [9.17, 15) is 9.59 Å². The number of benzene rings is 1. The van der Waals surface area contributed by atoms with E-state index in [1.165, 1.54) is 12.7 Å². The molecule has 2 unspecified atom stereocenters. The molecule has 0 spiro atoms. The van der Waals surface area contributed by atoms with Gasteiger partial charge in [0.1, 0.15) is 0 Å². The van der Waals surface area contributed by atoms with Crippen LogP contribution in [-0.2, 0) is 20.9 Å². The number of carbonyl (C=O) groups excluding carboxylic acids is 2. The van der Waals surface area contributed by atoms with Crippen LogP contribution in [0.4, 0.5) is 0 Å². The van der Waals surface area contributed by atoms with Crippen LogP contribution in [0.25, 0.3) is 0 Å². The Labute approximate surface area is 130 Å². The summed E-state index contributed by atoms with van der Waals surface area (Å²) < 4.78 is 4.90. The minimum absolute atomic E-state index is 0.341. The van der Waals surface area contributed by atoms with Crippen molar-refractivity contribution in [3.63, 3.8) is 0 Å². The number of amides is 1. The first-order valence-corrected chi connectivity index (χ1v) is 7.39. The minimum Gasteiger partial charge on any atom is -0.467 e. The Morgan fingerprint density at radius 3 is 2.68 bits per heavy atom. The molecule has 1 fully saturated rings. The van der Waals surface area contributed by atoms with Gasteiger partial charge in [-0.05, 0) is 18.9 Å². The molecule has 3 N–H and O–H groups in total. The summed E-state index contributed by atoms with van der Waals surface area (Å²) in [6.07, 6.45) is 0.519. The van der Waals surface area contributed by atoms with Gasteiger partial charge in [0.25, 0.3) is 0 Å². The van der Waals surface area contributed by atoms with Gasteiger partial charge in [-0.1, -0.05) is 30.3 Å². The van der Waals surface area contributed by atoms with E-state index in [4.69, 9.17) is 10.5 Å². The number of esters is 1. The normalized spacial score (nSPS) is 23.0. The number of methoxy groups -OCH3 is 1. The van der Waals surface area contributed by atoms with Crippen LogP contribution in [0.15, 0.2) is 30.3 Å². The summed E-state index contributed by atoms with van der Waals surface area (Å²) in [5, 5.41) is 2.78. The first-order chi connectivity index (χ1) is 10.5. The summed E-state index contributed by atoms with van der Waals surface area (Å²) in [5.74, 6) is -0.760. The van der Waals surface area contributed by atoms with E-state index in [1.807, 2.05) is 30.3 Å². The van der Waals surface area contributed by atoms with Crippen LogP contribution < -0.4 is 11.1 Å². The number of hydrogen-bond donors (Lipinski definition) is 2. The van der Waals surface area contributed by atoms with Gasteiger partial charge in [-0.15, -0.1) is 0 Å². The largest absolute Gasteiger partial charge is 0.467 e. The Bertz CT molecular complexity index is 533. The fraction of sp³-hybridized carbons (Fsp3) is 0.500. The van der Waals surface area contributed by atoms with Crippen molar-refractivity contribution in [2.75, 3.05) is 20.2 Å². The van der Waals surface area contributed by atoms with Gasteiger partial charge < -0.3 is 15.8 Å². The van der Waals surface area contributed by atoms with Crippen molar-refractivity contribution in [1.29, 1.82) is 0 Å². The van der Waals surface area contributed by atoms with E-state index in [0.717, 1.165) is 6.54 Å². The number of rotatable bonds is 5. The van der Waals surface area contributed by atoms with Crippen LogP contribution in [0.3, 0.4) is 0 Å². The molecular weight excluding hydrogens is 282 g/mol. The third kappa shape index (κ3) is 3.64. The van der Waals surface area contributed by atoms with Crippen LogP contribution >= 0.6 is 0 Å². The monoisotopic (exact) mass is 305 g/mol. The molecule has 120 valence electrons. The Hall–Kier alpha value is -1.92. The van der Waals surface area contributed by atoms with Gasteiger partial charge in [0, 0.05) is 19.6 Å². The van der Waals surface area contributed by atoms with Crippen molar-refractivity contribution in [3.05, 3.63) is 35.9 Å². The van der Waals surface area contributed by atoms with Gasteiger partial charge in [0.15, 0.2) is 5.54 Å². The van der Waals surface area contributed by atoms with Crippen molar-refractivity contribution in [2.45, 2.75) is 31.5 Å². The van der Waals surface area contributed by atoms with Crippen LogP contribution in [0.2, 0.25) is 0 Å². The third-order valence-corrected chi connectivity index (χ3v) is 3.95. The van der Waals surface area contributed by atoms with E-state index in [2.05, 4.69) is 10.2 Å². The summed E-state index contributed by atoms with van der Waals surface area (Å²) in [7, 11) is 1.34. The number of nitrogens with two attached hydrogens (primary N) is 1. The summed E-state index contributed by atoms with van der Waals surface area (Å²) in [4.78, 5) is 26.2. The van der Waals surface area contributed by atoms with Crippen molar-refractivity contribution < 1.29 is 14.3 Å². The molecule has 1 heterocycles. The lowest BCUT2D eigenvalue weighted by Crippen LogP contribution is -2.59. The number of carbonyl (C=O) groups is 2. The Morgan fingerprint density at radius 1 is 1.41 bits per heavy atom. The van der Waals surface area contributed by atoms with Gasteiger partial charge in [-0.3, -0.25) is 9.69 Å². The molecule has 1 aromatic rings. The highest BCUT2D eigenvalue weighted by molar-refractivity contribution is 5.90. The molecule has 0 aromatic heterocycles. The molecule has 0 bridgehead atoms. The average molecular weight is 305 g/mol. The fourth-order valence-electron chi connectivity index (χ4n) is 2.73. The topological polar surface area (TPSA) is 84.7 Å². The molecular formula is C16H23N3O3. The van der Waals surface area contributed by atoms with Crippen molar-refractivity contribution in [1.82, 2.24) is 10.2 Å². The van der Waals surface area contributed by atoms with Gasteiger partial charge in [0.2, 0.25) is 5.91 Å². The van der Waals surface area contributed by atoms with Gasteiger partial charge in [-0.25, -0.2) is 4.79 Å². The van der Waals surface area contributed by atoms with E-state index in [-0.39, 0.29) is 5.91 Å². The number of hydrogen-bond acceptors (Lipinski definition) is 5. The summed E-state index contributed by atoms with van der Waals surface area (Å²) in [6, 6.07) is 9.35. The molecule has 6 heteroatoms. The van der Waals surface area contributed by atoms with E-state index >= 15 is 0 Å². The highest BCUT2D eigenvalue weighted by atomic mass is 16.5. The molecule has 2 rings (SSSR count). The van der Waals surface area contributed by atoms with Crippen LogP contribution in [0.1, 0.15) is 18.9 Å². The lowest BCUT2D eigenvalue weighted by molar-refractivity contribution is -0.150. The maximum atomic E-state index is 12.2. The van der Waals surface area contributed by atoms with Gasteiger partial charge >= 0.3 is 5.97 Å². The Balaban J connectivity index is 2.09. The molecule has 0 aliphatic carbocycles. The SMILES string of the molecule is COC(=O)C1(NC(=O)C(C)N)CCN(Cc2ccccc2)C1. The first kappa shape index (κ1) is 16.5. The zero-order valence-corrected chi connectivity index (χ0v) is 13.0. The summed E-state index contributed by atoms with van der Waals surface area (Å²) in [5.41, 5.74) is 5.76. The van der Waals surface area contributed by atoms with Crippen LogP contribution in [0.5, 0.6) is 0 Å². The number of likely N-dealkylation sites (tertiary alicyclic amines) is 1. The van der Waals surface area contributed by atoms with Crippen molar-refractivity contribution in [3.8, 4) is 0 Å². The molecule has 1 aromatic carbocycles. The van der Waals surface area contributed by atoms with Crippen molar-refractivity contribution in [2.24, 2.45) is 5.73 Å². The zero-order chi connectivity index (χ0) is 16.2. The average Bonchev–Trinajstić information content (AvgIpc) is 2.91. The minimum atomic E-state index is -1.01. The maximum absolute atomic E-state index is 12.2. The van der Waals surface area contributed by atoms with Crippen LogP contribution in [0, 0.1) is 0 Å². The number of nitrogens with one attached hydrogen (secondary N) is 1. The third-order valence-electron chi connectivity index (χ3n) is 3.95. The molecule has 1 aliphatic heterocycles. The maximum Gasteiger partial charge on any atom is 0.332 e. The Morgan fingerprint density at radius 2 is 2.09 bits per heavy atom. The Kier molecular flexibility index (Phi) is 5.15. The highest BCUT2D eigenvalue weighted by Gasteiger charge is 2.47. The molecule has 1 saturated heterocycles. The lowest BCUT2D eigenvalue weighted by atomic mass is 9.98. The van der Waals surface area contributed by atoms with E-state index in [0.29, 0.717) is 19.5 Å². The fourth-order valence-corrected chi connectivity index (χ4v) is 2.73. The number of ether oxygens (including phenoxy) is 1. The molecule has 0 radical (unpaired) electrons. The zero-order valence-electron chi connectivity index (χ0n) is 13.0. The standard InChI is InChI=1S/C16H23N3O3/c1-12(17)14(20)18-16(15(21)22-2)8-9-19(11-16)10-13-6-4-3-5-7-13/h3-7,12H,8-11,17H2,1-2H3,(H,18,20). The lowest BCUT2D eigenvalue weighted by Gasteiger charge is -2.28.